The SMILES string of the molecule is CC(C)COc1ccc(/C=N\NC(=O)CN(c2cc(Cl)ccc2Cl)S(C)(=O)=O)cc1. The summed E-state index contributed by atoms with van der Waals surface area (Å²) in [6, 6.07) is 11.6. The Labute approximate surface area is 186 Å². The van der Waals surface area contributed by atoms with Crippen molar-refractivity contribution in [1.82, 2.24) is 5.43 Å². The van der Waals surface area contributed by atoms with Gasteiger partial charge in [0.15, 0.2) is 0 Å². The number of nitrogens with one attached hydrogen (secondary N) is 1. The van der Waals surface area contributed by atoms with Gasteiger partial charge in [-0.25, -0.2) is 13.8 Å². The van der Waals surface area contributed by atoms with E-state index >= 15 is 0 Å². The summed E-state index contributed by atoms with van der Waals surface area (Å²) in [6.07, 6.45) is 2.42. The normalized spacial score (nSPS) is 11.7. The average Bonchev–Trinajstić information content (AvgIpc) is 2.66. The quantitative estimate of drug-likeness (QED) is 0.442. The summed E-state index contributed by atoms with van der Waals surface area (Å²) in [5, 5.41) is 4.32. The van der Waals surface area contributed by atoms with Gasteiger partial charge in [0, 0.05) is 5.02 Å². The highest BCUT2D eigenvalue weighted by Gasteiger charge is 2.23. The second-order valence-corrected chi connectivity index (χ2v) is 9.68. The first kappa shape index (κ1) is 24.0. The Morgan fingerprint density at radius 3 is 2.47 bits per heavy atom. The number of amides is 1. The van der Waals surface area contributed by atoms with Gasteiger partial charge in [0.1, 0.15) is 12.3 Å². The lowest BCUT2D eigenvalue weighted by molar-refractivity contribution is -0.119. The summed E-state index contributed by atoms with van der Waals surface area (Å²) < 4.78 is 30.8. The third-order valence-corrected chi connectivity index (χ3v) is 5.41. The van der Waals surface area contributed by atoms with Crippen molar-refractivity contribution in [3.8, 4) is 5.75 Å². The van der Waals surface area contributed by atoms with Crippen LogP contribution in [-0.2, 0) is 14.8 Å². The van der Waals surface area contributed by atoms with Gasteiger partial charge in [-0.2, -0.15) is 5.10 Å². The zero-order chi connectivity index (χ0) is 22.3. The summed E-state index contributed by atoms with van der Waals surface area (Å²) in [4.78, 5) is 12.2. The zero-order valence-electron chi connectivity index (χ0n) is 16.8. The molecule has 1 N–H and O–H groups in total. The van der Waals surface area contributed by atoms with E-state index in [1.165, 1.54) is 24.4 Å². The Bertz CT molecular complexity index is 1010. The number of hydrazone groups is 1. The van der Waals surface area contributed by atoms with Crippen LogP contribution in [-0.4, -0.2) is 39.9 Å². The summed E-state index contributed by atoms with van der Waals surface area (Å²) in [5.41, 5.74) is 3.16. The monoisotopic (exact) mass is 471 g/mol. The third kappa shape index (κ3) is 7.51. The van der Waals surface area contributed by atoms with Crippen molar-refractivity contribution >= 4 is 51.0 Å². The van der Waals surface area contributed by atoms with Crippen LogP contribution in [0, 0.1) is 5.92 Å². The Balaban J connectivity index is 2.01. The van der Waals surface area contributed by atoms with E-state index in [4.69, 9.17) is 27.9 Å². The highest BCUT2D eigenvalue weighted by atomic mass is 35.5. The molecule has 0 spiro atoms. The number of benzene rings is 2. The van der Waals surface area contributed by atoms with Crippen LogP contribution < -0.4 is 14.5 Å². The highest BCUT2D eigenvalue weighted by Crippen LogP contribution is 2.30. The van der Waals surface area contributed by atoms with E-state index in [0.29, 0.717) is 17.5 Å². The Morgan fingerprint density at radius 2 is 1.87 bits per heavy atom. The molecule has 0 heterocycles. The number of sulfonamides is 1. The first-order chi connectivity index (χ1) is 14.1. The molecule has 0 fully saturated rings. The molecule has 2 aromatic rings. The van der Waals surface area contributed by atoms with E-state index in [1.54, 1.807) is 24.3 Å². The number of rotatable bonds is 9. The molecule has 10 heteroatoms. The van der Waals surface area contributed by atoms with Crippen LogP contribution in [0.25, 0.3) is 0 Å². The molecule has 30 heavy (non-hydrogen) atoms. The number of ether oxygens (including phenoxy) is 1. The van der Waals surface area contributed by atoms with Crippen LogP contribution in [0.2, 0.25) is 10.0 Å². The van der Waals surface area contributed by atoms with Crippen molar-refractivity contribution in [1.29, 1.82) is 0 Å². The minimum absolute atomic E-state index is 0.114. The minimum atomic E-state index is -3.78. The summed E-state index contributed by atoms with van der Waals surface area (Å²) in [6.45, 7) is 4.25. The number of carbonyl (C=O) groups is 1. The molecule has 162 valence electrons. The maximum absolute atomic E-state index is 12.2. The number of anilines is 1. The maximum Gasteiger partial charge on any atom is 0.260 e. The predicted molar refractivity (Wildman–Crippen MR) is 121 cm³/mol. The molecule has 0 saturated heterocycles. The maximum atomic E-state index is 12.2. The Kier molecular flexibility index (Phi) is 8.52. The number of nitrogens with zero attached hydrogens (tertiary/aromatic N) is 2. The van der Waals surface area contributed by atoms with Gasteiger partial charge in [0.25, 0.3) is 5.91 Å². The summed E-state index contributed by atoms with van der Waals surface area (Å²) in [7, 11) is -3.78. The van der Waals surface area contributed by atoms with Crippen molar-refractivity contribution in [2.75, 3.05) is 23.7 Å². The molecule has 0 aliphatic carbocycles. The van der Waals surface area contributed by atoms with Gasteiger partial charge >= 0.3 is 0 Å². The Morgan fingerprint density at radius 1 is 1.20 bits per heavy atom. The van der Waals surface area contributed by atoms with E-state index in [9.17, 15) is 13.2 Å². The van der Waals surface area contributed by atoms with Crippen LogP contribution >= 0.6 is 23.2 Å². The molecule has 0 aliphatic rings. The minimum Gasteiger partial charge on any atom is -0.493 e. The van der Waals surface area contributed by atoms with Crippen molar-refractivity contribution in [2.45, 2.75) is 13.8 Å². The van der Waals surface area contributed by atoms with Crippen molar-refractivity contribution in [3.63, 3.8) is 0 Å². The van der Waals surface area contributed by atoms with Crippen LogP contribution in [0.15, 0.2) is 47.6 Å². The molecule has 1 amide bonds. The van der Waals surface area contributed by atoms with Crippen LogP contribution in [0.5, 0.6) is 5.75 Å². The number of hydrogen-bond donors (Lipinski definition) is 1. The zero-order valence-corrected chi connectivity index (χ0v) is 19.1. The lowest BCUT2D eigenvalue weighted by Crippen LogP contribution is -2.39. The van der Waals surface area contributed by atoms with Crippen LogP contribution in [0.1, 0.15) is 19.4 Å². The molecule has 0 unspecified atom stereocenters. The molecule has 7 nitrogen and oxygen atoms in total. The molecule has 0 aromatic heterocycles. The van der Waals surface area contributed by atoms with E-state index < -0.39 is 22.5 Å². The number of halogens is 2. The Hall–Kier alpha value is -2.29. The number of hydrogen-bond acceptors (Lipinski definition) is 5. The number of carbonyl (C=O) groups excluding carboxylic acids is 1. The molecule has 0 radical (unpaired) electrons. The fourth-order valence-corrected chi connectivity index (χ4v) is 3.61. The molecule has 0 saturated carbocycles. The van der Waals surface area contributed by atoms with Gasteiger partial charge in [0.2, 0.25) is 10.0 Å². The van der Waals surface area contributed by atoms with Gasteiger partial charge in [-0.15, -0.1) is 0 Å². The van der Waals surface area contributed by atoms with Gasteiger partial charge in [0.05, 0.1) is 29.8 Å². The fraction of sp³-hybridized carbons (Fsp3) is 0.300. The lowest BCUT2D eigenvalue weighted by Gasteiger charge is -2.22. The van der Waals surface area contributed by atoms with E-state index in [0.717, 1.165) is 21.9 Å². The first-order valence-corrected chi connectivity index (χ1v) is 11.6. The van der Waals surface area contributed by atoms with E-state index in [2.05, 4.69) is 24.4 Å². The standard InChI is InChI=1S/C20H23Cl2N3O4S/c1-14(2)13-29-17-7-4-15(5-8-17)11-23-24-20(26)12-25(30(3,27)28)19-10-16(21)6-9-18(19)22/h4-11,14H,12-13H2,1-3H3,(H,24,26)/b23-11-. The molecule has 0 bridgehead atoms. The molecule has 2 aromatic carbocycles. The first-order valence-electron chi connectivity index (χ1n) is 9.04. The molecule has 0 atom stereocenters. The van der Waals surface area contributed by atoms with E-state index in [-0.39, 0.29) is 10.7 Å². The van der Waals surface area contributed by atoms with Gasteiger partial charge in [-0.1, -0.05) is 37.0 Å². The topological polar surface area (TPSA) is 88.1 Å². The summed E-state index contributed by atoms with van der Waals surface area (Å²) in [5.74, 6) is 0.534. The van der Waals surface area contributed by atoms with Crippen molar-refractivity contribution in [2.24, 2.45) is 11.0 Å². The third-order valence-electron chi connectivity index (χ3n) is 3.73. The molecular formula is C20H23Cl2N3O4S. The molecule has 0 aliphatic heterocycles. The van der Waals surface area contributed by atoms with Crippen LogP contribution in [0.3, 0.4) is 0 Å². The summed E-state index contributed by atoms with van der Waals surface area (Å²) >= 11 is 12.0. The van der Waals surface area contributed by atoms with Gasteiger partial charge in [-0.05, 0) is 53.9 Å². The van der Waals surface area contributed by atoms with E-state index in [1.807, 2.05) is 0 Å². The largest absolute Gasteiger partial charge is 0.493 e. The highest BCUT2D eigenvalue weighted by molar-refractivity contribution is 7.92. The van der Waals surface area contributed by atoms with Gasteiger partial charge < -0.3 is 4.74 Å². The second-order valence-electron chi connectivity index (χ2n) is 6.93. The van der Waals surface area contributed by atoms with Crippen molar-refractivity contribution < 1.29 is 17.9 Å². The lowest BCUT2D eigenvalue weighted by atomic mass is 10.2. The molecule has 2 rings (SSSR count). The smallest absolute Gasteiger partial charge is 0.260 e. The predicted octanol–water partition coefficient (Wildman–Crippen LogP) is 3.94. The second kappa shape index (κ2) is 10.7. The van der Waals surface area contributed by atoms with Gasteiger partial charge in [-0.3, -0.25) is 9.10 Å². The van der Waals surface area contributed by atoms with Crippen LogP contribution in [0.4, 0.5) is 5.69 Å². The average molecular weight is 472 g/mol. The molecular weight excluding hydrogens is 449 g/mol. The van der Waals surface area contributed by atoms with Crippen molar-refractivity contribution in [3.05, 3.63) is 58.1 Å². The fourth-order valence-electron chi connectivity index (χ4n) is 2.32.